The molecule has 0 unspecified atom stereocenters. The zero-order chi connectivity index (χ0) is 32.6. The third-order valence-electron chi connectivity index (χ3n) is 6.09. The summed E-state index contributed by atoms with van der Waals surface area (Å²) in [5.41, 5.74) is 2.32. The normalized spacial score (nSPS) is 10.6. The van der Waals surface area contributed by atoms with Gasteiger partial charge in [-0.2, -0.15) is 0 Å². The van der Waals surface area contributed by atoms with Crippen molar-refractivity contribution < 1.29 is 47.1 Å². The number of benzene rings is 4. The molecule has 0 aromatic heterocycles. The Hall–Kier alpha value is -5.67. The van der Waals surface area contributed by atoms with Crippen LogP contribution in [0.1, 0.15) is 11.1 Å². The first-order valence-electron chi connectivity index (χ1n) is 12.8. The van der Waals surface area contributed by atoms with E-state index in [1.165, 1.54) is 36.7 Å². The van der Waals surface area contributed by atoms with Crippen molar-refractivity contribution in [1.82, 2.24) is 0 Å². The molecule has 0 spiro atoms. The fourth-order valence-electron chi connectivity index (χ4n) is 3.57. The average Bonchev–Trinajstić information content (AvgIpc) is 2.97. The van der Waals surface area contributed by atoms with E-state index >= 15 is 0 Å². The van der Waals surface area contributed by atoms with Crippen molar-refractivity contribution in [3.05, 3.63) is 104 Å². The van der Waals surface area contributed by atoms with Gasteiger partial charge in [0.2, 0.25) is 0 Å². The summed E-state index contributed by atoms with van der Waals surface area (Å²) < 4.78 is 0. The predicted molar refractivity (Wildman–Crippen MR) is 169 cm³/mol. The topological polar surface area (TPSA) is 198 Å². The number of non-ortho nitro benzene ring substituents is 2. The molecule has 4 rings (SSSR count). The minimum absolute atomic E-state index is 0. The van der Waals surface area contributed by atoms with Gasteiger partial charge in [-0.05, 0) is 36.4 Å². The Morgan fingerprint density at radius 3 is 1.22 bits per heavy atom. The Morgan fingerprint density at radius 2 is 0.933 bits per heavy atom. The van der Waals surface area contributed by atoms with Crippen LogP contribution in [0, 0.1) is 20.2 Å². The van der Waals surface area contributed by atoms with Gasteiger partial charge in [0.15, 0.2) is 0 Å². The molecule has 0 aliphatic heterocycles. The minimum atomic E-state index is -0.568. The summed E-state index contributed by atoms with van der Waals surface area (Å²) in [7, 11) is 7.40. The average molecular weight is 662 g/mol. The maximum atomic E-state index is 10.7. The van der Waals surface area contributed by atoms with Crippen LogP contribution in [0.4, 0.5) is 34.1 Å². The maximum absolute atomic E-state index is 10.7. The molecule has 15 heteroatoms. The van der Waals surface area contributed by atoms with Crippen LogP contribution in [-0.4, -0.2) is 70.9 Å². The Kier molecular flexibility index (Phi) is 12.4. The summed E-state index contributed by atoms with van der Waals surface area (Å²) in [6.07, 6.45) is 2.68. The number of phenols is 4. The van der Waals surface area contributed by atoms with E-state index < -0.39 is 9.85 Å². The molecule has 4 N–H and O–H groups in total. The van der Waals surface area contributed by atoms with E-state index in [1.807, 2.05) is 38.0 Å². The Morgan fingerprint density at radius 1 is 0.578 bits per heavy atom. The number of phenolic OH excluding ortho intramolecular Hbond substituents is 4. The fourth-order valence-corrected chi connectivity index (χ4v) is 3.57. The minimum Gasteiger partial charge on any atom is -0.507 e. The first kappa shape index (κ1) is 35.5. The molecule has 237 valence electrons. The summed E-state index contributed by atoms with van der Waals surface area (Å²) in [5, 5.41) is 60.7. The number of nitro benzene ring substituents is 2. The van der Waals surface area contributed by atoms with Crippen molar-refractivity contribution >= 4 is 46.6 Å². The van der Waals surface area contributed by atoms with Crippen LogP contribution < -0.4 is 9.80 Å². The summed E-state index contributed by atoms with van der Waals surface area (Å²) in [4.78, 5) is 32.0. The molecule has 0 heterocycles. The van der Waals surface area contributed by atoms with Crippen molar-refractivity contribution in [3.8, 4) is 23.0 Å². The Bertz CT molecular complexity index is 1620. The molecule has 14 nitrogen and oxygen atoms in total. The third kappa shape index (κ3) is 9.67. The van der Waals surface area contributed by atoms with E-state index in [4.69, 9.17) is 0 Å². The molecule has 45 heavy (non-hydrogen) atoms. The number of hydrogen-bond acceptors (Lipinski definition) is 12. The maximum Gasteiger partial charge on any atom is 0.271 e. The van der Waals surface area contributed by atoms with Gasteiger partial charge in [0, 0.05) is 116 Å². The summed E-state index contributed by atoms with van der Waals surface area (Å²) in [6.45, 7) is 0. The first-order valence-corrected chi connectivity index (χ1v) is 12.8. The van der Waals surface area contributed by atoms with Gasteiger partial charge in [-0.3, -0.25) is 30.2 Å². The summed E-state index contributed by atoms with van der Waals surface area (Å²) in [5.74, 6) is -0.294. The number of aromatic hydroxyl groups is 4. The van der Waals surface area contributed by atoms with E-state index in [-0.39, 0.29) is 62.5 Å². The fraction of sp³-hybridized carbons (Fsp3) is 0.133. The molecule has 4 aromatic carbocycles. The van der Waals surface area contributed by atoms with Gasteiger partial charge in [-0.15, -0.1) is 0 Å². The van der Waals surface area contributed by atoms with Crippen LogP contribution in [0.15, 0.2) is 82.8 Å². The van der Waals surface area contributed by atoms with Crippen molar-refractivity contribution in [1.29, 1.82) is 0 Å². The SMILES string of the molecule is CN(C)c1ccc(C=Nc2cc([N+](=O)[O-])ccc2O)c(O)c1.CN(C)c1ccc(C=Nc2cc([N+](=O)[O-])ccc2O)c(O)c1.[Co]. The second-order valence-corrected chi connectivity index (χ2v) is 9.65. The summed E-state index contributed by atoms with van der Waals surface area (Å²) >= 11 is 0. The smallest absolute Gasteiger partial charge is 0.271 e. The molecular weight excluding hydrogens is 631 g/mol. The molecule has 0 aliphatic carbocycles. The second kappa shape index (κ2) is 15.7. The van der Waals surface area contributed by atoms with Gasteiger partial charge >= 0.3 is 0 Å². The summed E-state index contributed by atoms with van der Waals surface area (Å²) in [6, 6.07) is 17.2. The molecule has 0 fully saturated rings. The molecule has 0 aliphatic rings. The molecule has 0 amide bonds. The quantitative estimate of drug-likeness (QED) is 0.104. The van der Waals surface area contributed by atoms with Gasteiger partial charge in [0.25, 0.3) is 11.4 Å². The standard InChI is InChI=1S/2C15H15N3O4.Co/c2*1-17(2)11-4-3-10(15(20)8-11)9-16-13-7-12(18(21)22)5-6-14(13)19;/h2*3-9,19-20H,1-2H3;. The van der Waals surface area contributed by atoms with Crippen LogP contribution in [0.3, 0.4) is 0 Å². The molecule has 0 bridgehead atoms. The van der Waals surface area contributed by atoms with Crippen LogP contribution in [-0.2, 0) is 16.8 Å². The monoisotopic (exact) mass is 661 g/mol. The number of rotatable bonds is 8. The van der Waals surface area contributed by atoms with E-state index in [1.54, 1.807) is 36.4 Å². The van der Waals surface area contributed by atoms with Crippen LogP contribution in [0.5, 0.6) is 23.0 Å². The van der Waals surface area contributed by atoms with E-state index in [9.17, 15) is 40.7 Å². The molecule has 0 saturated heterocycles. The van der Waals surface area contributed by atoms with Crippen molar-refractivity contribution in [3.63, 3.8) is 0 Å². The largest absolute Gasteiger partial charge is 0.507 e. The number of anilines is 2. The molecule has 1 radical (unpaired) electrons. The van der Waals surface area contributed by atoms with Crippen LogP contribution in [0.2, 0.25) is 0 Å². The number of nitrogens with zero attached hydrogens (tertiary/aromatic N) is 6. The zero-order valence-electron chi connectivity index (χ0n) is 24.5. The molecule has 0 saturated carbocycles. The Balaban J connectivity index is 0.000000307. The molecule has 0 atom stereocenters. The Labute approximate surface area is 268 Å². The van der Waals surface area contributed by atoms with Gasteiger partial charge in [0.05, 0.1) is 9.85 Å². The van der Waals surface area contributed by atoms with Crippen molar-refractivity contribution in [2.75, 3.05) is 38.0 Å². The number of hydrogen-bond donors (Lipinski definition) is 4. The van der Waals surface area contributed by atoms with Gasteiger partial charge in [-0.25, -0.2) is 0 Å². The molecular formula is C30H30CoN6O8. The predicted octanol–water partition coefficient (Wildman–Crippen LogP) is 5.64. The van der Waals surface area contributed by atoms with Crippen LogP contribution in [0.25, 0.3) is 0 Å². The zero-order valence-corrected chi connectivity index (χ0v) is 25.6. The molecule has 4 aromatic rings. The van der Waals surface area contributed by atoms with Crippen molar-refractivity contribution in [2.45, 2.75) is 0 Å². The number of aliphatic imine (C=N–C) groups is 2. The second-order valence-electron chi connectivity index (χ2n) is 9.65. The van der Waals surface area contributed by atoms with Crippen molar-refractivity contribution in [2.24, 2.45) is 9.98 Å². The van der Waals surface area contributed by atoms with E-state index in [0.29, 0.717) is 11.1 Å². The van der Waals surface area contributed by atoms with Gasteiger partial charge in [-0.1, -0.05) is 0 Å². The van der Waals surface area contributed by atoms with E-state index in [0.717, 1.165) is 23.5 Å². The van der Waals surface area contributed by atoms with Crippen LogP contribution >= 0.6 is 0 Å². The first-order chi connectivity index (χ1) is 20.8. The van der Waals surface area contributed by atoms with E-state index in [2.05, 4.69) is 9.98 Å². The van der Waals surface area contributed by atoms with Gasteiger partial charge in [0.1, 0.15) is 34.4 Å². The van der Waals surface area contributed by atoms with Gasteiger partial charge < -0.3 is 30.2 Å². The number of nitro groups is 2. The third-order valence-corrected chi connectivity index (χ3v) is 6.09.